The zero-order valence-corrected chi connectivity index (χ0v) is 7.35. The van der Waals surface area contributed by atoms with Crippen molar-refractivity contribution >= 4 is 5.97 Å². The van der Waals surface area contributed by atoms with Crippen LogP contribution in [0.5, 0.6) is 0 Å². The Morgan fingerprint density at radius 3 is 2.73 bits per heavy atom. The van der Waals surface area contributed by atoms with Gasteiger partial charge in [-0.1, -0.05) is 13.8 Å². The molecule has 0 aliphatic rings. The quantitative estimate of drug-likeness (QED) is 0.463. The maximum atomic E-state index is 10.8. The Bertz CT molecular complexity index is 104. The molecule has 0 fully saturated rings. The van der Waals surface area contributed by atoms with Crippen LogP contribution in [0.15, 0.2) is 0 Å². The fourth-order valence-electron chi connectivity index (χ4n) is 0.655. The maximum absolute atomic E-state index is 10.8. The molecule has 0 aromatic carbocycles. The Kier molecular flexibility index (Phi) is 7.15. The first-order valence-corrected chi connectivity index (χ1v) is 4.17. The predicted molar refractivity (Wildman–Crippen MR) is 44.4 cm³/mol. The fraction of sp³-hybridized carbons (Fsp3) is 0.875. The normalized spacial score (nSPS) is 9.64. The van der Waals surface area contributed by atoms with Crippen molar-refractivity contribution in [1.29, 1.82) is 0 Å². The highest BCUT2D eigenvalue weighted by atomic mass is 16.5. The van der Waals surface area contributed by atoms with Gasteiger partial charge in [-0.3, -0.25) is 4.79 Å². The Labute approximate surface area is 68.1 Å². The molecule has 0 radical (unpaired) electrons. The zero-order chi connectivity index (χ0) is 8.53. The molecular weight excluding hydrogens is 142 g/mol. The number of carbonyl (C=O) groups excluding carboxylic acids is 1. The van der Waals surface area contributed by atoms with Gasteiger partial charge in [-0.25, -0.2) is 0 Å². The molecule has 66 valence electrons. The van der Waals surface area contributed by atoms with E-state index in [0.29, 0.717) is 13.0 Å². The molecule has 3 heteroatoms. The van der Waals surface area contributed by atoms with Gasteiger partial charge in [-0.05, 0) is 13.0 Å². The highest BCUT2D eigenvalue weighted by molar-refractivity contribution is 5.69. The van der Waals surface area contributed by atoms with Crippen molar-refractivity contribution in [2.75, 3.05) is 19.7 Å². The van der Waals surface area contributed by atoms with Crippen LogP contribution in [0.2, 0.25) is 0 Å². The minimum absolute atomic E-state index is 0.104. The lowest BCUT2D eigenvalue weighted by Gasteiger charge is -2.02. The second-order valence-electron chi connectivity index (χ2n) is 2.32. The van der Waals surface area contributed by atoms with Crippen LogP contribution in [0.1, 0.15) is 26.7 Å². The van der Waals surface area contributed by atoms with Crippen molar-refractivity contribution in [2.24, 2.45) is 0 Å². The van der Waals surface area contributed by atoms with Gasteiger partial charge < -0.3 is 10.1 Å². The molecule has 0 unspecified atom stereocenters. The number of ether oxygens (including phenoxy) is 1. The first kappa shape index (κ1) is 10.4. The van der Waals surface area contributed by atoms with Crippen LogP contribution in [0, 0.1) is 0 Å². The number of nitrogens with one attached hydrogen (secondary N) is 1. The summed E-state index contributed by atoms with van der Waals surface area (Å²) in [7, 11) is 0. The summed E-state index contributed by atoms with van der Waals surface area (Å²) in [5.74, 6) is -0.104. The molecule has 0 saturated carbocycles. The van der Waals surface area contributed by atoms with E-state index in [1.54, 1.807) is 0 Å². The summed E-state index contributed by atoms with van der Waals surface area (Å²) in [5, 5.41) is 3.05. The van der Waals surface area contributed by atoms with E-state index in [4.69, 9.17) is 4.74 Å². The third-order valence-electron chi connectivity index (χ3n) is 1.22. The molecule has 3 nitrogen and oxygen atoms in total. The van der Waals surface area contributed by atoms with Crippen molar-refractivity contribution < 1.29 is 9.53 Å². The monoisotopic (exact) mass is 159 g/mol. The summed E-state index contributed by atoms with van der Waals surface area (Å²) in [6.07, 6.45) is 1.38. The number of rotatable bonds is 6. The van der Waals surface area contributed by atoms with Gasteiger partial charge in [0.25, 0.3) is 0 Å². The summed E-state index contributed by atoms with van der Waals surface area (Å²) in [6.45, 7) is 6.17. The molecule has 1 N–H and O–H groups in total. The van der Waals surface area contributed by atoms with E-state index >= 15 is 0 Å². The third kappa shape index (κ3) is 7.33. The number of esters is 1. The molecule has 0 aromatic rings. The van der Waals surface area contributed by atoms with Crippen molar-refractivity contribution in [3.05, 3.63) is 0 Å². The highest BCUT2D eigenvalue weighted by Crippen LogP contribution is 1.86. The van der Waals surface area contributed by atoms with Gasteiger partial charge >= 0.3 is 5.97 Å². The van der Waals surface area contributed by atoms with E-state index in [9.17, 15) is 4.79 Å². The largest absolute Gasteiger partial charge is 0.466 e. The topological polar surface area (TPSA) is 38.3 Å². The lowest BCUT2D eigenvalue weighted by atomic mass is 10.4. The summed E-state index contributed by atoms with van der Waals surface area (Å²) < 4.78 is 4.86. The van der Waals surface area contributed by atoms with Gasteiger partial charge in [0, 0.05) is 6.54 Å². The Hall–Kier alpha value is -0.570. The van der Waals surface area contributed by atoms with Crippen LogP contribution >= 0.6 is 0 Å². The third-order valence-corrected chi connectivity index (χ3v) is 1.22. The smallest absolute Gasteiger partial charge is 0.307 e. The van der Waals surface area contributed by atoms with Crippen molar-refractivity contribution in [3.8, 4) is 0 Å². The molecule has 0 aromatic heterocycles. The van der Waals surface area contributed by atoms with Crippen molar-refractivity contribution in [1.82, 2.24) is 5.32 Å². The molecule has 0 aliphatic carbocycles. The van der Waals surface area contributed by atoms with E-state index in [-0.39, 0.29) is 5.97 Å². The van der Waals surface area contributed by atoms with Gasteiger partial charge in [0.15, 0.2) is 0 Å². The number of carbonyl (C=O) groups is 1. The summed E-state index contributed by atoms with van der Waals surface area (Å²) in [5.41, 5.74) is 0. The molecule has 0 aliphatic heterocycles. The lowest BCUT2D eigenvalue weighted by Crippen LogP contribution is -2.18. The number of hydrogen-bond acceptors (Lipinski definition) is 3. The minimum atomic E-state index is -0.104. The van der Waals surface area contributed by atoms with Crippen LogP contribution in [0.3, 0.4) is 0 Å². The Morgan fingerprint density at radius 2 is 2.18 bits per heavy atom. The second-order valence-corrected chi connectivity index (χ2v) is 2.32. The average molecular weight is 159 g/mol. The molecular formula is C8H17NO2. The minimum Gasteiger partial charge on any atom is -0.466 e. The van der Waals surface area contributed by atoms with Crippen molar-refractivity contribution in [3.63, 3.8) is 0 Å². The van der Waals surface area contributed by atoms with E-state index in [0.717, 1.165) is 19.5 Å². The Balaban J connectivity index is 3.09. The van der Waals surface area contributed by atoms with Crippen LogP contribution in [-0.2, 0) is 9.53 Å². The predicted octanol–water partition coefficient (Wildman–Crippen LogP) is 0.939. The van der Waals surface area contributed by atoms with Gasteiger partial charge in [0.05, 0.1) is 13.0 Å². The van der Waals surface area contributed by atoms with Crippen LogP contribution < -0.4 is 5.32 Å². The molecule has 0 rings (SSSR count). The maximum Gasteiger partial charge on any atom is 0.307 e. The molecule has 0 spiro atoms. The molecule has 0 saturated heterocycles. The summed E-state index contributed by atoms with van der Waals surface area (Å²) >= 11 is 0. The first-order valence-electron chi connectivity index (χ1n) is 4.17. The van der Waals surface area contributed by atoms with Crippen LogP contribution in [0.25, 0.3) is 0 Å². The molecule has 0 amide bonds. The number of hydrogen-bond donors (Lipinski definition) is 1. The van der Waals surface area contributed by atoms with E-state index in [1.165, 1.54) is 0 Å². The van der Waals surface area contributed by atoms with Gasteiger partial charge in [0.1, 0.15) is 0 Å². The molecule has 0 heterocycles. The van der Waals surface area contributed by atoms with E-state index in [2.05, 4.69) is 5.32 Å². The van der Waals surface area contributed by atoms with E-state index < -0.39 is 0 Å². The van der Waals surface area contributed by atoms with Crippen molar-refractivity contribution in [2.45, 2.75) is 26.7 Å². The van der Waals surface area contributed by atoms with E-state index in [1.807, 2.05) is 13.8 Å². The Morgan fingerprint density at radius 1 is 1.45 bits per heavy atom. The standard InChI is InChI=1S/C8H17NO2/c1-3-7-11-8(10)5-6-9-4-2/h9H,3-7H2,1-2H3. The second kappa shape index (κ2) is 7.54. The highest BCUT2D eigenvalue weighted by Gasteiger charge is 1.99. The summed E-state index contributed by atoms with van der Waals surface area (Å²) in [6, 6.07) is 0. The molecule has 11 heavy (non-hydrogen) atoms. The fourth-order valence-corrected chi connectivity index (χ4v) is 0.655. The van der Waals surface area contributed by atoms with Gasteiger partial charge in [-0.15, -0.1) is 0 Å². The van der Waals surface area contributed by atoms with Gasteiger partial charge in [0.2, 0.25) is 0 Å². The van der Waals surface area contributed by atoms with Gasteiger partial charge in [-0.2, -0.15) is 0 Å². The zero-order valence-electron chi connectivity index (χ0n) is 7.35. The SMILES string of the molecule is CCCOC(=O)CCNCC. The first-order chi connectivity index (χ1) is 5.31. The summed E-state index contributed by atoms with van der Waals surface area (Å²) in [4.78, 5) is 10.8. The van der Waals surface area contributed by atoms with Crippen LogP contribution in [0.4, 0.5) is 0 Å². The molecule has 0 atom stereocenters. The molecule has 0 bridgehead atoms. The van der Waals surface area contributed by atoms with Crippen LogP contribution in [-0.4, -0.2) is 25.7 Å². The average Bonchev–Trinajstić information content (AvgIpc) is 2.01. The lowest BCUT2D eigenvalue weighted by molar-refractivity contribution is -0.143.